The fourth-order valence-corrected chi connectivity index (χ4v) is 3.28. The van der Waals surface area contributed by atoms with Gasteiger partial charge in [-0.2, -0.15) is 0 Å². The number of carbonyl (C=O) groups excluding carboxylic acids is 3. The van der Waals surface area contributed by atoms with Gasteiger partial charge in [-0.05, 0) is 17.8 Å². The van der Waals surface area contributed by atoms with Crippen LogP contribution < -0.4 is 21.7 Å². The number of amides is 3. The van der Waals surface area contributed by atoms with E-state index in [-0.39, 0.29) is 24.2 Å². The second-order valence-corrected chi connectivity index (χ2v) is 9.19. The number of rotatable bonds is 14. The number of aromatic nitrogens is 2. The van der Waals surface area contributed by atoms with Gasteiger partial charge in [-0.3, -0.25) is 14.4 Å². The van der Waals surface area contributed by atoms with Crippen LogP contribution in [0.4, 0.5) is 0 Å². The molecule has 6 unspecified atom stereocenters. The van der Waals surface area contributed by atoms with Gasteiger partial charge in [0.05, 0.1) is 12.4 Å². The van der Waals surface area contributed by atoms with Gasteiger partial charge in [-0.25, -0.2) is 9.78 Å². The van der Waals surface area contributed by atoms with Crippen molar-refractivity contribution in [2.75, 3.05) is 0 Å². The van der Waals surface area contributed by atoms with Gasteiger partial charge in [0.2, 0.25) is 17.7 Å². The largest absolute Gasteiger partial charge is 0.480 e. The zero-order valence-electron chi connectivity index (χ0n) is 20.9. The Balaban J connectivity index is 3.13. The van der Waals surface area contributed by atoms with E-state index in [2.05, 4.69) is 25.9 Å². The lowest BCUT2D eigenvalue weighted by molar-refractivity contribution is -0.144. The second-order valence-electron chi connectivity index (χ2n) is 9.19. The van der Waals surface area contributed by atoms with E-state index in [0.717, 1.165) is 0 Å². The van der Waals surface area contributed by atoms with Crippen molar-refractivity contribution in [3.8, 4) is 0 Å². The summed E-state index contributed by atoms with van der Waals surface area (Å²) in [4.78, 5) is 57.4. The Hall–Kier alpha value is -2.95. The molecule has 3 amide bonds. The maximum atomic E-state index is 13.2. The number of carboxylic acid groups (broad SMARTS) is 1. The average Bonchev–Trinajstić information content (AvgIpc) is 3.31. The molecule has 0 aliphatic rings. The standard InChI is InChI=1S/C23H40N6O5/c1-7-13(5)18(28-21(31)17(24)12(3)4)22(32)27-16(9-15-10-25-11-26-15)20(30)29-19(23(33)34)14(6)8-2/h10-14,16-19H,7-9,24H2,1-6H3,(H,25,26)(H,27,32)(H,28,31)(H,29,30)(H,33,34). The minimum absolute atomic E-state index is 0.0666. The van der Waals surface area contributed by atoms with Crippen molar-refractivity contribution in [3.05, 3.63) is 18.2 Å². The summed E-state index contributed by atoms with van der Waals surface area (Å²) in [5.41, 5.74) is 6.52. The van der Waals surface area contributed by atoms with Gasteiger partial charge in [0.1, 0.15) is 18.1 Å². The monoisotopic (exact) mass is 480 g/mol. The number of carboxylic acids is 1. The molecule has 34 heavy (non-hydrogen) atoms. The maximum absolute atomic E-state index is 13.2. The second kappa shape index (κ2) is 13.7. The number of nitrogens with zero attached hydrogens (tertiary/aromatic N) is 1. The number of H-pyrrole nitrogens is 1. The summed E-state index contributed by atoms with van der Waals surface area (Å²) in [5, 5.41) is 17.5. The summed E-state index contributed by atoms with van der Waals surface area (Å²) in [6.07, 6.45) is 4.18. The van der Waals surface area contributed by atoms with Crippen molar-refractivity contribution >= 4 is 23.7 Å². The zero-order valence-corrected chi connectivity index (χ0v) is 20.9. The fraction of sp³-hybridized carbons (Fsp3) is 0.696. The molecule has 6 atom stereocenters. The normalized spacial score (nSPS) is 16.6. The number of aromatic amines is 1. The van der Waals surface area contributed by atoms with Crippen LogP contribution in [0.2, 0.25) is 0 Å². The highest BCUT2D eigenvalue weighted by Crippen LogP contribution is 2.12. The number of hydrogen-bond acceptors (Lipinski definition) is 6. The van der Waals surface area contributed by atoms with Gasteiger partial charge in [0.15, 0.2) is 0 Å². The van der Waals surface area contributed by atoms with Gasteiger partial charge in [0, 0.05) is 18.3 Å². The molecule has 0 aliphatic heterocycles. The van der Waals surface area contributed by atoms with Gasteiger partial charge < -0.3 is 31.8 Å². The smallest absolute Gasteiger partial charge is 0.326 e. The summed E-state index contributed by atoms with van der Waals surface area (Å²) >= 11 is 0. The molecule has 0 spiro atoms. The first-order valence-electron chi connectivity index (χ1n) is 11.8. The van der Waals surface area contributed by atoms with Gasteiger partial charge >= 0.3 is 5.97 Å². The minimum atomic E-state index is -1.15. The first kappa shape index (κ1) is 29.1. The molecule has 0 aromatic carbocycles. The lowest BCUT2D eigenvalue weighted by Gasteiger charge is -2.29. The van der Waals surface area contributed by atoms with E-state index < -0.39 is 47.9 Å². The van der Waals surface area contributed by atoms with Crippen molar-refractivity contribution in [1.29, 1.82) is 0 Å². The summed E-state index contributed by atoms with van der Waals surface area (Å²) in [7, 11) is 0. The zero-order chi connectivity index (χ0) is 26.0. The molecule has 1 heterocycles. The van der Waals surface area contributed by atoms with Crippen molar-refractivity contribution < 1.29 is 24.3 Å². The van der Waals surface area contributed by atoms with Crippen LogP contribution in [0.25, 0.3) is 0 Å². The quantitative estimate of drug-likeness (QED) is 0.225. The topological polar surface area (TPSA) is 179 Å². The van der Waals surface area contributed by atoms with E-state index in [1.165, 1.54) is 12.5 Å². The summed E-state index contributed by atoms with van der Waals surface area (Å²) < 4.78 is 0. The van der Waals surface area contributed by atoms with Crippen LogP contribution in [0.3, 0.4) is 0 Å². The minimum Gasteiger partial charge on any atom is -0.480 e. The Bertz CT molecular complexity index is 813. The predicted molar refractivity (Wildman–Crippen MR) is 127 cm³/mol. The Labute approximate surface area is 201 Å². The third kappa shape index (κ3) is 8.44. The van der Waals surface area contributed by atoms with E-state index >= 15 is 0 Å². The van der Waals surface area contributed by atoms with E-state index in [1.54, 1.807) is 6.92 Å². The van der Waals surface area contributed by atoms with Crippen LogP contribution in [-0.4, -0.2) is 62.9 Å². The molecule has 0 bridgehead atoms. The molecule has 11 heteroatoms. The van der Waals surface area contributed by atoms with Crippen molar-refractivity contribution in [3.63, 3.8) is 0 Å². The summed E-state index contributed by atoms with van der Waals surface area (Å²) in [6, 6.07) is -3.88. The highest BCUT2D eigenvalue weighted by molar-refractivity contribution is 5.94. The molecule has 11 nitrogen and oxygen atoms in total. The van der Waals surface area contributed by atoms with Crippen LogP contribution in [-0.2, 0) is 25.6 Å². The molecular weight excluding hydrogens is 440 g/mol. The van der Waals surface area contributed by atoms with Gasteiger partial charge in [-0.15, -0.1) is 0 Å². The van der Waals surface area contributed by atoms with E-state index in [9.17, 15) is 24.3 Å². The summed E-state index contributed by atoms with van der Waals surface area (Å²) in [6.45, 7) is 10.9. The van der Waals surface area contributed by atoms with Crippen LogP contribution in [0, 0.1) is 17.8 Å². The number of carbonyl (C=O) groups is 4. The molecule has 0 radical (unpaired) electrons. The van der Waals surface area contributed by atoms with Gasteiger partial charge in [0.25, 0.3) is 0 Å². The highest BCUT2D eigenvalue weighted by atomic mass is 16.4. The molecule has 1 rings (SSSR count). The lowest BCUT2D eigenvalue weighted by Crippen LogP contribution is -2.59. The third-order valence-corrected chi connectivity index (χ3v) is 6.20. The molecular formula is C23H40N6O5. The Morgan fingerprint density at radius 1 is 0.941 bits per heavy atom. The third-order valence-electron chi connectivity index (χ3n) is 6.20. The summed E-state index contributed by atoms with van der Waals surface area (Å²) in [5.74, 6) is -3.44. The molecule has 7 N–H and O–H groups in total. The first-order valence-corrected chi connectivity index (χ1v) is 11.8. The van der Waals surface area contributed by atoms with Crippen molar-refractivity contribution in [2.24, 2.45) is 23.5 Å². The fourth-order valence-electron chi connectivity index (χ4n) is 3.28. The average molecular weight is 481 g/mol. The number of aliphatic carboxylic acids is 1. The molecule has 0 aliphatic carbocycles. The highest BCUT2D eigenvalue weighted by Gasteiger charge is 2.34. The molecule has 192 valence electrons. The SMILES string of the molecule is CCC(C)C(NC(=O)C(Cc1cnc[nH]1)NC(=O)C(NC(=O)C(N)C(C)C)C(C)CC)C(=O)O. The van der Waals surface area contributed by atoms with Crippen LogP contribution in [0.1, 0.15) is 60.1 Å². The first-order chi connectivity index (χ1) is 15.9. The molecule has 0 saturated carbocycles. The van der Waals surface area contributed by atoms with E-state index in [4.69, 9.17) is 5.73 Å². The Kier molecular flexibility index (Phi) is 11.7. The Morgan fingerprint density at radius 3 is 1.97 bits per heavy atom. The molecule has 0 saturated heterocycles. The van der Waals surface area contributed by atoms with Crippen molar-refractivity contribution in [2.45, 2.75) is 85.0 Å². The predicted octanol–water partition coefficient (Wildman–Crippen LogP) is 0.567. The van der Waals surface area contributed by atoms with E-state index in [1.807, 2.05) is 34.6 Å². The van der Waals surface area contributed by atoms with Crippen LogP contribution >= 0.6 is 0 Å². The number of imidazole rings is 1. The van der Waals surface area contributed by atoms with Gasteiger partial charge in [-0.1, -0.05) is 54.4 Å². The number of nitrogens with one attached hydrogen (secondary N) is 4. The molecule has 1 aromatic rings. The maximum Gasteiger partial charge on any atom is 0.326 e. The molecule has 0 fully saturated rings. The van der Waals surface area contributed by atoms with E-state index in [0.29, 0.717) is 18.5 Å². The van der Waals surface area contributed by atoms with Crippen LogP contribution in [0.15, 0.2) is 12.5 Å². The molecule has 1 aromatic heterocycles. The number of nitrogens with two attached hydrogens (primary N) is 1. The van der Waals surface area contributed by atoms with Crippen LogP contribution in [0.5, 0.6) is 0 Å². The number of hydrogen-bond donors (Lipinski definition) is 6. The lowest BCUT2D eigenvalue weighted by atomic mass is 9.96. The van der Waals surface area contributed by atoms with Crippen molar-refractivity contribution in [1.82, 2.24) is 25.9 Å². The Morgan fingerprint density at radius 2 is 1.50 bits per heavy atom.